The first-order valence-electron chi connectivity index (χ1n) is 13.6. The van der Waals surface area contributed by atoms with Crippen LogP contribution >= 0.6 is 0 Å². The number of ether oxygens (including phenoxy) is 2. The Bertz CT molecular complexity index is 1720. The number of ketones is 3. The van der Waals surface area contributed by atoms with Gasteiger partial charge in [-0.25, -0.2) is 0 Å². The van der Waals surface area contributed by atoms with Gasteiger partial charge in [0.05, 0.1) is 20.3 Å². The van der Waals surface area contributed by atoms with Crippen molar-refractivity contribution in [2.45, 2.75) is 18.0 Å². The van der Waals surface area contributed by atoms with Gasteiger partial charge < -0.3 is 14.4 Å². The molecule has 0 aromatic heterocycles. The smallest absolute Gasteiger partial charge is 0.186 e. The van der Waals surface area contributed by atoms with Crippen LogP contribution in [0.25, 0.3) is 6.08 Å². The fourth-order valence-electron chi connectivity index (χ4n) is 7.05. The van der Waals surface area contributed by atoms with Crippen LogP contribution in [0.1, 0.15) is 48.1 Å². The molecule has 0 radical (unpaired) electrons. The summed E-state index contributed by atoms with van der Waals surface area (Å²) in [4.78, 5) is 46.1. The van der Waals surface area contributed by atoms with E-state index in [1.165, 1.54) is 0 Å². The topological polar surface area (TPSA) is 72.9 Å². The predicted molar refractivity (Wildman–Crippen MR) is 156 cm³/mol. The Morgan fingerprint density at radius 3 is 2.10 bits per heavy atom. The van der Waals surface area contributed by atoms with Crippen LogP contribution in [0.4, 0.5) is 5.69 Å². The zero-order valence-corrected chi connectivity index (χ0v) is 22.6. The van der Waals surface area contributed by atoms with Gasteiger partial charge in [-0.3, -0.25) is 14.4 Å². The molecule has 2 heterocycles. The van der Waals surface area contributed by atoms with Crippen molar-refractivity contribution in [3.8, 4) is 11.5 Å². The molecule has 6 heteroatoms. The van der Waals surface area contributed by atoms with Crippen molar-refractivity contribution in [2.75, 3.05) is 19.1 Å². The molecule has 2 aliphatic heterocycles. The van der Waals surface area contributed by atoms with E-state index >= 15 is 0 Å². The van der Waals surface area contributed by atoms with Gasteiger partial charge in [-0.1, -0.05) is 78.9 Å². The van der Waals surface area contributed by atoms with Crippen molar-refractivity contribution >= 4 is 29.1 Å². The molecule has 41 heavy (non-hydrogen) atoms. The molecule has 4 aromatic rings. The van der Waals surface area contributed by atoms with Gasteiger partial charge in [0.25, 0.3) is 0 Å². The second kappa shape index (κ2) is 9.30. The lowest BCUT2D eigenvalue weighted by atomic mass is 9.64. The third-order valence-electron chi connectivity index (χ3n) is 8.81. The molecule has 0 saturated carbocycles. The first-order chi connectivity index (χ1) is 20.0. The summed E-state index contributed by atoms with van der Waals surface area (Å²) >= 11 is 0. The SMILES string of the molecule is COc1ccc([C@@H]2[C@H](C(=O)c3cccc(OC)c3)N3c4ccccc4C=C[C@H]3C23C(=O)c2ccccc2C3=O)cc1. The molecular weight excluding hydrogens is 514 g/mol. The maximum atomic E-state index is 14.7. The number of fused-ring (bicyclic) bond motifs is 5. The van der Waals surface area contributed by atoms with E-state index in [-0.39, 0.29) is 17.3 Å². The van der Waals surface area contributed by atoms with Gasteiger partial charge in [-0.15, -0.1) is 0 Å². The number of carbonyl (C=O) groups excluding carboxylic acids is 3. The van der Waals surface area contributed by atoms with Gasteiger partial charge in [0.15, 0.2) is 17.3 Å². The highest BCUT2D eigenvalue weighted by molar-refractivity contribution is 6.32. The van der Waals surface area contributed by atoms with Crippen LogP contribution in [0.15, 0.2) is 103 Å². The summed E-state index contributed by atoms with van der Waals surface area (Å²) < 4.78 is 10.9. The van der Waals surface area contributed by atoms with E-state index < -0.39 is 23.4 Å². The summed E-state index contributed by atoms with van der Waals surface area (Å²) in [7, 11) is 3.15. The van der Waals surface area contributed by atoms with E-state index in [0.717, 1.165) is 16.8 Å². The molecule has 6 nitrogen and oxygen atoms in total. The minimum absolute atomic E-state index is 0.187. The number of carbonyl (C=O) groups is 3. The van der Waals surface area contributed by atoms with Crippen LogP contribution in [0.5, 0.6) is 11.5 Å². The summed E-state index contributed by atoms with van der Waals surface area (Å²) in [5.41, 5.74) is 2.17. The van der Waals surface area contributed by atoms with Crippen LogP contribution in [-0.2, 0) is 0 Å². The first kappa shape index (κ1) is 25.0. The fraction of sp³-hybridized carbons (Fsp3) is 0.171. The monoisotopic (exact) mass is 541 g/mol. The summed E-state index contributed by atoms with van der Waals surface area (Å²) in [5, 5.41) is 0. The van der Waals surface area contributed by atoms with Crippen molar-refractivity contribution in [3.05, 3.63) is 131 Å². The lowest BCUT2D eigenvalue weighted by Crippen LogP contribution is -2.48. The highest BCUT2D eigenvalue weighted by atomic mass is 16.5. The van der Waals surface area contributed by atoms with Crippen molar-refractivity contribution in [3.63, 3.8) is 0 Å². The Morgan fingerprint density at radius 1 is 0.756 bits per heavy atom. The molecule has 4 aromatic carbocycles. The van der Waals surface area contributed by atoms with Gasteiger partial charge in [0.1, 0.15) is 23.0 Å². The largest absolute Gasteiger partial charge is 0.497 e. The minimum atomic E-state index is -1.54. The number of para-hydroxylation sites is 1. The number of nitrogens with zero attached hydrogens (tertiary/aromatic N) is 1. The second-order valence-corrected chi connectivity index (χ2v) is 10.6. The summed E-state index contributed by atoms with van der Waals surface area (Å²) in [6.45, 7) is 0. The summed E-state index contributed by atoms with van der Waals surface area (Å²) in [5.74, 6) is -0.265. The zero-order chi connectivity index (χ0) is 28.3. The van der Waals surface area contributed by atoms with Gasteiger partial charge in [-0.05, 0) is 41.5 Å². The molecule has 0 N–H and O–H groups in total. The first-order valence-corrected chi connectivity index (χ1v) is 13.6. The maximum absolute atomic E-state index is 14.7. The molecule has 1 aliphatic carbocycles. The van der Waals surface area contributed by atoms with Crippen LogP contribution in [0.2, 0.25) is 0 Å². The van der Waals surface area contributed by atoms with E-state index in [9.17, 15) is 14.4 Å². The lowest BCUT2D eigenvalue weighted by molar-refractivity contribution is 0.0666. The second-order valence-electron chi connectivity index (χ2n) is 10.6. The molecule has 0 bridgehead atoms. The number of anilines is 1. The van der Waals surface area contributed by atoms with Crippen molar-refractivity contribution < 1.29 is 23.9 Å². The molecule has 7 rings (SSSR count). The Balaban J connectivity index is 1.53. The summed E-state index contributed by atoms with van der Waals surface area (Å²) in [6, 6.07) is 27.7. The predicted octanol–water partition coefficient (Wildman–Crippen LogP) is 6.02. The average Bonchev–Trinajstić information content (AvgIpc) is 3.47. The highest BCUT2D eigenvalue weighted by Gasteiger charge is 2.71. The number of Topliss-reactive ketones (excluding diaryl/α,β-unsaturated/α-hetero) is 3. The van der Waals surface area contributed by atoms with Gasteiger partial charge in [0.2, 0.25) is 0 Å². The van der Waals surface area contributed by atoms with E-state index in [2.05, 4.69) is 0 Å². The summed E-state index contributed by atoms with van der Waals surface area (Å²) in [6.07, 6.45) is 3.89. The quantitative estimate of drug-likeness (QED) is 0.227. The third-order valence-corrected chi connectivity index (χ3v) is 8.81. The van der Waals surface area contributed by atoms with Crippen molar-refractivity contribution in [1.82, 2.24) is 0 Å². The molecule has 202 valence electrons. The average molecular weight is 542 g/mol. The van der Waals surface area contributed by atoms with E-state index in [1.807, 2.05) is 65.6 Å². The third kappa shape index (κ3) is 3.40. The maximum Gasteiger partial charge on any atom is 0.186 e. The molecule has 3 aliphatic rings. The molecule has 0 amide bonds. The van der Waals surface area contributed by atoms with Crippen LogP contribution in [0.3, 0.4) is 0 Å². The number of hydrogen-bond acceptors (Lipinski definition) is 6. The number of benzene rings is 4. The van der Waals surface area contributed by atoms with Crippen LogP contribution < -0.4 is 14.4 Å². The van der Waals surface area contributed by atoms with E-state index in [4.69, 9.17) is 9.47 Å². The minimum Gasteiger partial charge on any atom is -0.497 e. The van der Waals surface area contributed by atoms with Crippen molar-refractivity contribution in [1.29, 1.82) is 0 Å². The fourth-order valence-corrected chi connectivity index (χ4v) is 7.05. The molecule has 1 spiro atoms. The standard InChI is InChI=1S/C35H27NO5/c1-40-24-17-14-22(15-18-24)30-31(32(37)23-9-7-10-25(20-23)41-2)36-28-13-6-3-8-21(28)16-19-29(36)35(30)33(38)26-11-4-5-12-27(26)34(35)39/h3-20,29-31H,1-2H3/t29-,30+,31+/m0/s1. The van der Waals surface area contributed by atoms with Crippen molar-refractivity contribution in [2.24, 2.45) is 5.41 Å². The highest BCUT2D eigenvalue weighted by Crippen LogP contribution is 2.61. The normalized spacial score (nSPS) is 21.4. The number of hydrogen-bond donors (Lipinski definition) is 0. The van der Waals surface area contributed by atoms with E-state index in [0.29, 0.717) is 28.2 Å². The Labute approximate surface area is 237 Å². The van der Waals surface area contributed by atoms with Gasteiger partial charge in [0, 0.05) is 28.3 Å². The van der Waals surface area contributed by atoms with Crippen LogP contribution in [0, 0.1) is 5.41 Å². The molecule has 3 atom stereocenters. The Morgan fingerprint density at radius 2 is 1.41 bits per heavy atom. The molecule has 0 unspecified atom stereocenters. The lowest BCUT2D eigenvalue weighted by Gasteiger charge is -2.37. The number of rotatable bonds is 5. The van der Waals surface area contributed by atoms with Gasteiger partial charge in [-0.2, -0.15) is 0 Å². The molecule has 1 saturated heterocycles. The Kier molecular flexibility index (Phi) is 5.68. The zero-order valence-electron chi connectivity index (χ0n) is 22.6. The number of methoxy groups -OCH3 is 2. The van der Waals surface area contributed by atoms with E-state index in [1.54, 1.807) is 62.8 Å². The molecule has 1 fully saturated rings. The molecular formula is C35H27NO5. The Hall–Kier alpha value is -4.97. The van der Waals surface area contributed by atoms with Gasteiger partial charge >= 0.3 is 0 Å². The van der Waals surface area contributed by atoms with Crippen LogP contribution in [-0.4, -0.2) is 43.7 Å².